The molecule has 0 bridgehead atoms. The number of benzene rings is 1. The molecule has 96 valence electrons. The molecule has 0 atom stereocenters. The fourth-order valence-electron chi connectivity index (χ4n) is 1.40. The molecule has 18 heavy (non-hydrogen) atoms. The monoisotopic (exact) mass is 247 g/mol. The fraction of sp³-hybridized carbons (Fsp3) is 0.357. The third-order valence-corrected chi connectivity index (χ3v) is 2.25. The Morgan fingerprint density at radius 3 is 2.89 bits per heavy atom. The van der Waals surface area contributed by atoms with Crippen molar-refractivity contribution in [2.75, 3.05) is 33.4 Å². The van der Waals surface area contributed by atoms with Crippen molar-refractivity contribution >= 4 is 5.78 Å². The molecule has 1 N–H and O–H groups in total. The molecule has 0 aliphatic heterocycles. The second-order valence-electron chi connectivity index (χ2n) is 3.57. The maximum atomic E-state index is 11.9. The van der Waals surface area contributed by atoms with Gasteiger partial charge in [-0.2, -0.15) is 0 Å². The standard InChI is InChI=1S/C14H17NO3/c1-3-8-15-11-13(16)12-6-4-5-7-14(12)18-10-9-17-2/h1,4-7,15H,8-11H2,2H3. The third kappa shape index (κ3) is 4.58. The van der Waals surface area contributed by atoms with Crippen LogP contribution in [-0.4, -0.2) is 39.2 Å². The number of terminal acetylenes is 1. The summed E-state index contributed by atoms with van der Waals surface area (Å²) < 4.78 is 10.4. The van der Waals surface area contributed by atoms with Crippen LogP contribution in [0.4, 0.5) is 0 Å². The zero-order valence-electron chi connectivity index (χ0n) is 10.4. The summed E-state index contributed by atoms with van der Waals surface area (Å²) in [6.45, 7) is 1.48. The summed E-state index contributed by atoms with van der Waals surface area (Å²) in [4.78, 5) is 11.9. The number of ether oxygens (including phenoxy) is 2. The van der Waals surface area contributed by atoms with Gasteiger partial charge in [0.1, 0.15) is 12.4 Å². The Balaban J connectivity index is 2.63. The molecule has 0 saturated heterocycles. The van der Waals surface area contributed by atoms with E-state index in [1.807, 2.05) is 6.07 Å². The van der Waals surface area contributed by atoms with Crippen molar-refractivity contribution in [2.45, 2.75) is 0 Å². The second-order valence-corrected chi connectivity index (χ2v) is 3.57. The molecule has 4 heteroatoms. The van der Waals surface area contributed by atoms with Crippen molar-refractivity contribution in [2.24, 2.45) is 0 Å². The van der Waals surface area contributed by atoms with Gasteiger partial charge in [0.15, 0.2) is 5.78 Å². The van der Waals surface area contributed by atoms with E-state index in [1.54, 1.807) is 25.3 Å². The highest BCUT2D eigenvalue weighted by atomic mass is 16.5. The van der Waals surface area contributed by atoms with Gasteiger partial charge in [-0.1, -0.05) is 18.1 Å². The fourth-order valence-corrected chi connectivity index (χ4v) is 1.40. The Morgan fingerprint density at radius 1 is 1.39 bits per heavy atom. The van der Waals surface area contributed by atoms with Crippen molar-refractivity contribution in [3.05, 3.63) is 29.8 Å². The lowest BCUT2D eigenvalue weighted by Gasteiger charge is -2.10. The van der Waals surface area contributed by atoms with E-state index in [0.717, 1.165) is 0 Å². The number of rotatable bonds is 8. The number of nitrogens with one attached hydrogen (secondary N) is 1. The van der Waals surface area contributed by atoms with Gasteiger partial charge < -0.3 is 9.47 Å². The molecule has 0 radical (unpaired) electrons. The minimum atomic E-state index is -0.0433. The van der Waals surface area contributed by atoms with Crippen molar-refractivity contribution < 1.29 is 14.3 Å². The first-order chi connectivity index (χ1) is 8.79. The number of carbonyl (C=O) groups is 1. The average molecular weight is 247 g/mol. The Kier molecular flexibility index (Phi) is 6.55. The molecule has 0 unspecified atom stereocenters. The number of hydrogen-bond donors (Lipinski definition) is 1. The van der Waals surface area contributed by atoms with Gasteiger partial charge in [0.25, 0.3) is 0 Å². The highest BCUT2D eigenvalue weighted by molar-refractivity contribution is 6.00. The van der Waals surface area contributed by atoms with Crippen LogP contribution in [0.15, 0.2) is 24.3 Å². The third-order valence-electron chi connectivity index (χ3n) is 2.25. The molecule has 0 heterocycles. The lowest BCUT2D eigenvalue weighted by molar-refractivity contribution is 0.0984. The van der Waals surface area contributed by atoms with E-state index in [1.165, 1.54) is 0 Å². The summed E-state index contributed by atoms with van der Waals surface area (Å²) in [7, 11) is 1.60. The lowest BCUT2D eigenvalue weighted by atomic mass is 10.1. The molecule has 1 aromatic rings. The van der Waals surface area contributed by atoms with Gasteiger partial charge in [0, 0.05) is 7.11 Å². The molecule has 0 saturated carbocycles. The van der Waals surface area contributed by atoms with Crippen LogP contribution in [0, 0.1) is 12.3 Å². The zero-order chi connectivity index (χ0) is 13.2. The van der Waals surface area contributed by atoms with Crippen LogP contribution < -0.4 is 10.1 Å². The molecular formula is C14H17NO3. The highest BCUT2D eigenvalue weighted by Crippen LogP contribution is 2.18. The van der Waals surface area contributed by atoms with E-state index in [4.69, 9.17) is 15.9 Å². The van der Waals surface area contributed by atoms with E-state index < -0.39 is 0 Å². The van der Waals surface area contributed by atoms with Crippen LogP contribution in [0.25, 0.3) is 0 Å². The summed E-state index contributed by atoms with van der Waals surface area (Å²) in [5.74, 6) is 2.95. The molecule has 4 nitrogen and oxygen atoms in total. The van der Waals surface area contributed by atoms with Crippen LogP contribution in [0.3, 0.4) is 0 Å². The molecule has 0 aliphatic carbocycles. The Labute approximate surface area is 107 Å². The second kappa shape index (κ2) is 8.29. The first kappa shape index (κ1) is 14.2. The van der Waals surface area contributed by atoms with Crippen molar-refractivity contribution in [3.8, 4) is 18.1 Å². The molecular weight excluding hydrogens is 230 g/mol. The first-order valence-electron chi connectivity index (χ1n) is 5.67. The van der Waals surface area contributed by atoms with Crippen LogP contribution in [-0.2, 0) is 4.74 Å². The van der Waals surface area contributed by atoms with E-state index in [0.29, 0.717) is 31.1 Å². The number of hydrogen-bond acceptors (Lipinski definition) is 4. The summed E-state index contributed by atoms with van der Waals surface area (Å²) in [5, 5.41) is 2.86. The molecule has 1 rings (SSSR count). The van der Waals surface area contributed by atoms with Crippen molar-refractivity contribution in [1.29, 1.82) is 0 Å². The SMILES string of the molecule is C#CCNCC(=O)c1ccccc1OCCOC. The lowest BCUT2D eigenvalue weighted by Crippen LogP contribution is -2.23. The number of Topliss-reactive ketones (excluding diaryl/α,β-unsaturated/α-hetero) is 1. The Bertz CT molecular complexity index is 423. The van der Waals surface area contributed by atoms with Gasteiger partial charge in [-0.05, 0) is 12.1 Å². The van der Waals surface area contributed by atoms with Gasteiger partial charge in [-0.15, -0.1) is 6.42 Å². The van der Waals surface area contributed by atoms with E-state index in [-0.39, 0.29) is 12.3 Å². The van der Waals surface area contributed by atoms with Gasteiger partial charge >= 0.3 is 0 Å². The topological polar surface area (TPSA) is 47.6 Å². The smallest absolute Gasteiger partial charge is 0.180 e. The van der Waals surface area contributed by atoms with Crippen LogP contribution >= 0.6 is 0 Å². The largest absolute Gasteiger partial charge is 0.490 e. The van der Waals surface area contributed by atoms with Gasteiger partial charge in [-0.25, -0.2) is 0 Å². The van der Waals surface area contributed by atoms with Crippen LogP contribution in [0.5, 0.6) is 5.75 Å². The predicted octanol–water partition coefficient (Wildman–Crippen LogP) is 1.12. The Hall–Kier alpha value is -1.83. The van der Waals surface area contributed by atoms with Gasteiger partial charge in [0.05, 0.1) is 25.3 Å². The zero-order valence-corrected chi connectivity index (χ0v) is 10.4. The quantitative estimate of drug-likeness (QED) is 0.425. The van der Waals surface area contributed by atoms with Gasteiger partial charge in [-0.3, -0.25) is 10.1 Å². The number of methoxy groups -OCH3 is 1. The minimum absolute atomic E-state index is 0.0433. The predicted molar refractivity (Wildman–Crippen MR) is 69.8 cm³/mol. The number of para-hydroxylation sites is 1. The normalized spacial score (nSPS) is 9.78. The maximum Gasteiger partial charge on any atom is 0.180 e. The van der Waals surface area contributed by atoms with E-state index >= 15 is 0 Å². The molecule has 0 aromatic heterocycles. The maximum absolute atomic E-state index is 11.9. The summed E-state index contributed by atoms with van der Waals surface area (Å²) in [6, 6.07) is 7.14. The average Bonchev–Trinajstić information content (AvgIpc) is 2.40. The first-order valence-corrected chi connectivity index (χ1v) is 5.67. The van der Waals surface area contributed by atoms with Crippen LogP contribution in [0.2, 0.25) is 0 Å². The molecule has 0 amide bonds. The van der Waals surface area contributed by atoms with E-state index in [2.05, 4.69) is 11.2 Å². The van der Waals surface area contributed by atoms with Crippen molar-refractivity contribution in [1.82, 2.24) is 5.32 Å². The summed E-state index contributed by atoms with van der Waals surface area (Å²) >= 11 is 0. The molecule has 0 aliphatic rings. The molecule has 1 aromatic carbocycles. The minimum Gasteiger partial charge on any atom is -0.490 e. The van der Waals surface area contributed by atoms with Gasteiger partial charge in [0.2, 0.25) is 0 Å². The summed E-state index contributed by atoms with van der Waals surface area (Å²) in [6.07, 6.45) is 5.10. The van der Waals surface area contributed by atoms with E-state index in [9.17, 15) is 4.79 Å². The van der Waals surface area contributed by atoms with Crippen LogP contribution in [0.1, 0.15) is 10.4 Å². The number of ketones is 1. The van der Waals surface area contributed by atoms with Crippen molar-refractivity contribution in [3.63, 3.8) is 0 Å². The Morgan fingerprint density at radius 2 is 2.17 bits per heavy atom. The number of carbonyl (C=O) groups excluding carboxylic acids is 1. The highest BCUT2D eigenvalue weighted by Gasteiger charge is 2.11. The molecule has 0 fully saturated rings. The molecule has 0 spiro atoms. The summed E-state index contributed by atoms with van der Waals surface area (Å²) in [5.41, 5.74) is 0.554.